The highest BCUT2D eigenvalue weighted by Gasteiger charge is 2.20. The van der Waals surface area contributed by atoms with Crippen LogP contribution in [0.5, 0.6) is 0 Å². The molecule has 4 heteroatoms. The van der Waals surface area contributed by atoms with Gasteiger partial charge in [-0.3, -0.25) is 10.1 Å². The topological polar surface area (TPSA) is 55.7 Å². The maximum absolute atomic E-state index is 9.68. The van der Waals surface area contributed by atoms with E-state index in [4.69, 9.17) is 4.74 Å². The predicted molar refractivity (Wildman–Crippen MR) is 30.5 cm³/mol. The molecule has 1 unspecified atom stereocenters. The Bertz CT molecular complexity index is 139. The van der Waals surface area contributed by atoms with Gasteiger partial charge in [-0.2, -0.15) is 0 Å². The van der Waals surface area contributed by atoms with Crippen LogP contribution in [0.1, 0.15) is 6.42 Å². The summed E-state index contributed by atoms with van der Waals surface area (Å²) in [5.41, 5.74) is 0. The maximum atomic E-state index is 9.68. The van der Waals surface area contributed by atoms with Gasteiger partial charge in [-0.15, -0.1) is 0 Å². The number of rotatable bonds is 3. The fraction of sp³-hybridized carbons (Fsp3) is 0.600. The van der Waals surface area contributed by atoms with Crippen molar-refractivity contribution in [3.05, 3.63) is 22.4 Å². The van der Waals surface area contributed by atoms with E-state index in [0.29, 0.717) is 6.42 Å². The molecule has 1 heterocycles. The highest BCUT2D eigenvalue weighted by Crippen LogP contribution is 2.13. The number of nitro groups is 1. The molecule has 0 aromatic heterocycles. The summed E-state index contributed by atoms with van der Waals surface area (Å²) < 4.78 is 4.82. The van der Waals surface area contributed by atoms with Crippen LogP contribution in [0.25, 0.3) is 0 Å². The fourth-order valence-electron chi connectivity index (χ4n) is 0.503. The fourth-order valence-corrected chi connectivity index (χ4v) is 0.503. The SMILES string of the molecule is O=[N+]([O-])C=CCC1CO1. The van der Waals surface area contributed by atoms with Crippen LogP contribution in [0.2, 0.25) is 0 Å². The van der Waals surface area contributed by atoms with E-state index in [1.165, 1.54) is 6.08 Å². The van der Waals surface area contributed by atoms with Crippen LogP contribution < -0.4 is 0 Å². The molecule has 0 spiro atoms. The van der Waals surface area contributed by atoms with Gasteiger partial charge in [0.2, 0.25) is 6.20 Å². The molecule has 1 rings (SSSR count). The quantitative estimate of drug-likeness (QED) is 0.318. The Morgan fingerprint density at radius 3 is 3.00 bits per heavy atom. The minimum atomic E-state index is -0.470. The minimum Gasteiger partial charge on any atom is -0.373 e. The van der Waals surface area contributed by atoms with Crippen LogP contribution in [0.3, 0.4) is 0 Å². The molecular weight excluding hydrogens is 122 g/mol. The molecule has 0 aliphatic carbocycles. The van der Waals surface area contributed by atoms with Crippen molar-refractivity contribution in [1.29, 1.82) is 0 Å². The van der Waals surface area contributed by atoms with E-state index in [1.54, 1.807) is 0 Å². The van der Waals surface area contributed by atoms with Crippen LogP contribution in [0.15, 0.2) is 12.3 Å². The molecule has 4 nitrogen and oxygen atoms in total. The van der Waals surface area contributed by atoms with Crippen molar-refractivity contribution in [2.75, 3.05) is 6.61 Å². The van der Waals surface area contributed by atoms with Gasteiger partial charge in [-0.25, -0.2) is 0 Å². The van der Waals surface area contributed by atoms with Gasteiger partial charge >= 0.3 is 0 Å². The lowest BCUT2D eigenvalue weighted by atomic mass is 10.3. The first-order chi connectivity index (χ1) is 4.29. The van der Waals surface area contributed by atoms with Gasteiger partial charge in [-0.05, 0) is 6.08 Å². The van der Waals surface area contributed by atoms with E-state index in [-0.39, 0.29) is 6.10 Å². The number of ether oxygens (including phenoxy) is 1. The van der Waals surface area contributed by atoms with Gasteiger partial charge in [0.1, 0.15) is 0 Å². The largest absolute Gasteiger partial charge is 0.373 e. The predicted octanol–water partition coefficient (Wildman–Crippen LogP) is 0.566. The molecule has 1 fully saturated rings. The van der Waals surface area contributed by atoms with Crippen LogP contribution in [0, 0.1) is 10.1 Å². The van der Waals surface area contributed by atoms with Crippen LogP contribution in [-0.2, 0) is 4.74 Å². The van der Waals surface area contributed by atoms with Crippen molar-refractivity contribution >= 4 is 0 Å². The normalized spacial score (nSPS) is 24.7. The molecule has 0 bridgehead atoms. The third kappa shape index (κ3) is 2.81. The molecule has 0 amide bonds. The monoisotopic (exact) mass is 129 g/mol. The first-order valence-electron chi connectivity index (χ1n) is 2.71. The van der Waals surface area contributed by atoms with Gasteiger partial charge in [0.05, 0.1) is 17.6 Å². The molecule has 1 aliphatic rings. The van der Waals surface area contributed by atoms with Crippen molar-refractivity contribution in [2.45, 2.75) is 12.5 Å². The lowest BCUT2D eigenvalue weighted by Gasteiger charge is -1.78. The minimum absolute atomic E-state index is 0.251. The molecule has 0 aromatic rings. The Balaban J connectivity index is 2.08. The maximum Gasteiger partial charge on any atom is 0.230 e. The summed E-state index contributed by atoms with van der Waals surface area (Å²) in [4.78, 5) is 9.21. The van der Waals surface area contributed by atoms with Crippen LogP contribution in [0.4, 0.5) is 0 Å². The van der Waals surface area contributed by atoms with Gasteiger partial charge in [0.25, 0.3) is 0 Å². The average Bonchev–Trinajstić information content (AvgIpc) is 2.48. The van der Waals surface area contributed by atoms with Gasteiger partial charge < -0.3 is 4.74 Å². The molecular formula is C5H7NO3. The van der Waals surface area contributed by atoms with Crippen LogP contribution in [-0.4, -0.2) is 17.6 Å². The third-order valence-corrected chi connectivity index (χ3v) is 1.03. The summed E-state index contributed by atoms with van der Waals surface area (Å²) in [6.45, 7) is 0.752. The van der Waals surface area contributed by atoms with Crippen molar-refractivity contribution in [1.82, 2.24) is 0 Å². The average molecular weight is 129 g/mol. The highest BCUT2D eigenvalue weighted by molar-refractivity contribution is 4.82. The van der Waals surface area contributed by atoms with E-state index in [2.05, 4.69) is 0 Å². The zero-order chi connectivity index (χ0) is 6.69. The summed E-state index contributed by atoms with van der Waals surface area (Å²) in [7, 11) is 0. The zero-order valence-corrected chi connectivity index (χ0v) is 4.82. The van der Waals surface area contributed by atoms with E-state index in [9.17, 15) is 10.1 Å². The smallest absolute Gasteiger partial charge is 0.230 e. The lowest BCUT2D eigenvalue weighted by Crippen LogP contribution is -1.84. The lowest BCUT2D eigenvalue weighted by molar-refractivity contribution is -0.402. The van der Waals surface area contributed by atoms with E-state index >= 15 is 0 Å². The molecule has 0 saturated carbocycles. The highest BCUT2D eigenvalue weighted by atomic mass is 16.6. The van der Waals surface area contributed by atoms with Crippen molar-refractivity contribution in [3.63, 3.8) is 0 Å². The molecule has 1 saturated heterocycles. The first kappa shape index (κ1) is 6.22. The molecule has 50 valence electrons. The summed E-state index contributed by atoms with van der Waals surface area (Å²) >= 11 is 0. The molecule has 1 atom stereocenters. The Labute approximate surface area is 52.3 Å². The standard InChI is InChI=1S/C5H7NO3/c7-6(8)3-1-2-5-4-9-5/h1,3,5H,2,4H2. The second-order valence-corrected chi connectivity index (χ2v) is 1.86. The second-order valence-electron chi connectivity index (χ2n) is 1.86. The zero-order valence-electron chi connectivity index (χ0n) is 4.82. The summed E-state index contributed by atoms with van der Waals surface area (Å²) in [5, 5.41) is 9.68. The van der Waals surface area contributed by atoms with Crippen molar-refractivity contribution < 1.29 is 9.66 Å². The van der Waals surface area contributed by atoms with Crippen molar-refractivity contribution in [2.24, 2.45) is 0 Å². The van der Waals surface area contributed by atoms with Gasteiger partial charge in [0.15, 0.2) is 0 Å². The molecule has 0 N–H and O–H groups in total. The number of nitrogens with zero attached hydrogens (tertiary/aromatic N) is 1. The molecule has 0 radical (unpaired) electrons. The Morgan fingerprint density at radius 1 is 1.89 bits per heavy atom. The Hall–Kier alpha value is -0.900. The van der Waals surface area contributed by atoms with E-state index in [0.717, 1.165) is 12.8 Å². The summed E-state index contributed by atoms with van der Waals surface area (Å²) in [5.74, 6) is 0. The Kier molecular flexibility index (Phi) is 1.79. The Morgan fingerprint density at radius 2 is 2.56 bits per heavy atom. The molecule has 0 aromatic carbocycles. The molecule has 1 aliphatic heterocycles. The van der Waals surface area contributed by atoms with Crippen molar-refractivity contribution in [3.8, 4) is 0 Å². The number of hydrogen-bond acceptors (Lipinski definition) is 3. The number of epoxide rings is 1. The van der Waals surface area contributed by atoms with E-state index in [1.807, 2.05) is 0 Å². The summed E-state index contributed by atoms with van der Waals surface area (Å²) in [6.07, 6.45) is 3.38. The van der Waals surface area contributed by atoms with Crippen LogP contribution >= 0.6 is 0 Å². The van der Waals surface area contributed by atoms with E-state index < -0.39 is 4.92 Å². The number of hydrogen-bond donors (Lipinski definition) is 0. The first-order valence-corrected chi connectivity index (χ1v) is 2.71. The molecule has 9 heavy (non-hydrogen) atoms. The van der Waals surface area contributed by atoms with Gasteiger partial charge in [0, 0.05) is 6.42 Å². The summed E-state index contributed by atoms with van der Waals surface area (Å²) in [6, 6.07) is 0. The third-order valence-electron chi connectivity index (χ3n) is 1.03. The second kappa shape index (κ2) is 2.59. The van der Waals surface area contributed by atoms with Gasteiger partial charge in [-0.1, -0.05) is 0 Å².